The molecule has 0 N–H and O–H groups in total. The Hall–Kier alpha value is -4.00. The number of phosphoric acid groups is 2. The van der Waals surface area contributed by atoms with Crippen LogP contribution in [0.1, 0.15) is 162 Å². The highest BCUT2D eigenvalue weighted by molar-refractivity contribution is 7.43. The van der Waals surface area contributed by atoms with Crippen LogP contribution < -0.4 is 28.6 Å². The zero-order chi connectivity index (χ0) is 34.7. The lowest BCUT2D eigenvalue weighted by Gasteiger charge is -2.39. The number of hydrogen-bond acceptors (Lipinski definition) is 8. The van der Waals surface area contributed by atoms with Crippen molar-refractivity contribution in [1.29, 1.82) is 0 Å². The Morgan fingerprint density at radius 1 is 0.385 bits per heavy atom. The van der Waals surface area contributed by atoms with Crippen LogP contribution in [0.2, 0.25) is 0 Å². The standard InChI is InChI=1S/C42H32O8P2/c43-51(44,45)49-41-37-33-15-34(30-12-26-22-9-21(25(26)11-29(30)33)17-5-1-2-6-18(17)22)38(37)42(50-52(46,47)48)40-36-16-35(39(40)41)31-13-27-23-10-24(28(27)14-32(31)36)20-8-4-3-7-19(20)23/h1-8,11-14,21-24,33-36H,9-10,15-16H2,(H2,43,44,45)(H2,46,47,48)/p-4. The molecule has 0 radical (unpaired) electrons. The van der Waals surface area contributed by atoms with Gasteiger partial charge in [0.1, 0.15) is 27.1 Å². The molecular weight excluding hydrogens is 694 g/mol. The van der Waals surface area contributed by atoms with E-state index in [-0.39, 0.29) is 58.8 Å². The van der Waals surface area contributed by atoms with Crippen LogP contribution in [0.25, 0.3) is 0 Å². The van der Waals surface area contributed by atoms with Crippen LogP contribution in [0.5, 0.6) is 11.5 Å². The summed E-state index contributed by atoms with van der Waals surface area (Å²) in [5.41, 5.74) is 16.6. The van der Waals surface area contributed by atoms with E-state index in [0.29, 0.717) is 35.1 Å². The summed E-state index contributed by atoms with van der Waals surface area (Å²) in [5, 5.41) is 0. The molecule has 10 heteroatoms. The zero-order valence-corrected chi connectivity index (χ0v) is 29.3. The first-order valence-electron chi connectivity index (χ1n) is 18.2. The number of phosphoric ester groups is 2. The van der Waals surface area contributed by atoms with Crippen molar-refractivity contribution >= 4 is 15.6 Å². The molecule has 8 atom stereocenters. The lowest BCUT2D eigenvalue weighted by atomic mass is 9.74. The van der Waals surface area contributed by atoms with Crippen molar-refractivity contribution < 1.29 is 37.8 Å². The SMILES string of the molecule is O=P([O-])([O-])Oc1c2c(c(OP(=O)([O-])[O-])c3c1C1CC3c3cc4c(cc31)C1CC4c3ccccc31)C1CC2c2cc3c(cc21)C1CC3c2ccccc21. The van der Waals surface area contributed by atoms with Gasteiger partial charge in [0, 0.05) is 69.6 Å². The summed E-state index contributed by atoms with van der Waals surface area (Å²) in [4.78, 5) is 50.4. The van der Waals surface area contributed by atoms with E-state index < -0.39 is 15.6 Å². The average Bonchev–Trinajstić information content (AvgIpc) is 3.98. The normalized spacial score (nSPS) is 29.0. The Morgan fingerprint density at radius 3 is 0.865 bits per heavy atom. The van der Waals surface area contributed by atoms with Gasteiger partial charge in [-0.3, -0.25) is 0 Å². The van der Waals surface area contributed by atoms with E-state index in [1.54, 1.807) is 0 Å². The van der Waals surface area contributed by atoms with Crippen molar-refractivity contribution in [2.24, 2.45) is 0 Å². The van der Waals surface area contributed by atoms with Crippen LogP contribution in [0, 0.1) is 0 Å². The third-order valence-corrected chi connectivity index (χ3v) is 15.1. The van der Waals surface area contributed by atoms with E-state index in [4.69, 9.17) is 9.05 Å². The highest BCUT2D eigenvalue weighted by Gasteiger charge is 2.55. The van der Waals surface area contributed by atoms with Crippen LogP contribution >= 0.6 is 15.6 Å². The van der Waals surface area contributed by atoms with Gasteiger partial charge in [0.2, 0.25) is 0 Å². The van der Waals surface area contributed by atoms with E-state index in [0.717, 1.165) is 35.1 Å². The molecule has 8 aliphatic rings. The Kier molecular flexibility index (Phi) is 5.21. The molecule has 8 bridgehead atoms. The molecule has 258 valence electrons. The van der Waals surface area contributed by atoms with E-state index >= 15 is 0 Å². The molecule has 5 aromatic rings. The Morgan fingerprint density at radius 2 is 0.615 bits per heavy atom. The molecule has 52 heavy (non-hydrogen) atoms. The van der Waals surface area contributed by atoms with Crippen molar-refractivity contribution in [3.05, 3.63) is 162 Å². The number of hydrogen-bond donors (Lipinski definition) is 0. The molecule has 8 unspecified atom stereocenters. The molecule has 8 nitrogen and oxygen atoms in total. The monoisotopic (exact) mass is 722 g/mol. The van der Waals surface area contributed by atoms with Crippen molar-refractivity contribution in [3.63, 3.8) is 0 Å². The summed E-state index contributed by atoms with van der Waals surface area (Å²) in [7, 11) is -11.1. The van der Waals surface area contributed by atoms with Crippen LogP contribution in [0.4, 0.5) is 0 Å². The van der Waals surface area contributed by atoms with Gasteiger partial charge in [-0.25, -0.2) is 0 Å². The summed E-state index contributed by atoms with van der Waals surface area (Å²) in [6, 6.07) is 26.2. The molecule has 8 aliphatic carbocycles. The van der Waals surface area contributed by atoms with Crippen molar-refractivity contribution in [3.8, 4) is 11.5 Å². The first kappa shape index (κ1) is 29.5. The minimum absolute atomic E-state index is 0.0216. The largest absolute Gasteiger partial charge is 0.780 e. The Labute approximate surface area is 298 Å². The lowest BCUT2D eigenvalue weighted by Crippen LogP contribution is -2.24. The zero-order valence-electron chi connectivity index (χ0n) is 27.5. The van der Waals surface area contributed by atoms with Crippen LogP contribution in [0.3, 0.4) is 0 Å². The smallest absolute Gasteiger partial charge is 0.132 e. The minimum atomic E-state index is -5.56. The van der Waals surface area contributed by atoms with Crippen molar-refractivity contribution in [2.75, 3.05) is 0 Å². The van der Waals surface area contributed by atoms with E-state index in [2.05, 4.69) is 72.8 Å². The number of fused-ring (bicyclic) bond motifs is 32. The quantitative estimate of drug-likeness (QED) is 0.205. The summed E-state index contributed by atoms with van der Waals surface area (Å²) >= 11 is 0. The first-order chi connectivity index (χ1) is 25.0. The summed E-state index contributed by atoms with van der Waals surface area (Å²) in [6.07, 6.45) is 3.10. The molecule has 0 aliphatic heterocycles. The third-order valence-electron chi connectivity index (χ3n) is 14.3. The van der Waals surface area contributed by atoms with E-state index in [9.17, 15) is 28.7 Å². The maximum absolute atomic E-state index is 12.6. The van der Waals surface area contributed by atoms with Gasteiger partial charge in [-0.05, 0) is 92.4 Å². The molecule has 0 saturated heterocycles. The van der Waals surface area contributed by atoms with Crippen molar-refractivity contribution in [2.45, 2.75) is 73.0 Å². The topological polar surface area (TPSA) is 145 Å². The van der Waals surface area contributed by atoms with Gasteiger partial charge in [0.15, 0.2) is 0 Å². The molecule has 13 rings (SSSR count). The second kappa shape index (κ2) is 9.19. The number of rotatable bonds is 4. The van der Waals surface area contributed by atoms with Crippen molar-refractivity contribution in [1.82, 2.24) is 0 Å². The Balaban J connectivity index is 1.03. The van der Waals surface area contributed by atoms with Gasteiger partial charge in [0.25, 0.3) is 0 Å². The van der Waals surface area contributed by atoms with Gasteiger partial charge in [-0.1, -0.05) is 72.8 Å². The fourth-order valence-electron chi connectivity index (χ4n) is 12.9. The fourth-order valence-corrected chi connectivity index (χ4v) is 13.7. The first-order valence-corrected chi connectivity index (χ1v) is 21.1. The number of benzene rings is 5. The van der Waals surface area contributed by atoms with Crippen LogP contribution in [-0.4, -0.2) is 0 Å². The predicted octanol–water partition coefficient (Wildman–Crippen LogP) is 6.03. The van der Waals surface area contributed by atoms with Gasteiger partial charge in [-0.15, -0.1) is 0 Å². The van der Waals surface area contributed by atoms with E-state index in [1.165, 1.54) is 44.5 Å². The fraction of sp³-hybridized carbons (Fsp3) is 0.286. The lowest BCUT2D eigenvalue weighted by molar-refractivity contribution is -0.336. The van der Waals surface area contributed by atoms with E-state index in [1.807, 2.05) is 0 Å². The summed E-state index contributed by atoms with van der Waals surface area (Å²) < 4.78 is 36.3. The molecule has 0 saturated carbocycles. The van der Waals surface area contributed by atoms with Gasteiger partial charge < -0.3 is 37.8 Å². The predicted molar refractivity (Wildman–Crippen MR) is 182 cm³/mol. The maximum Gasteiger partial charge on any atom is 0.132 e. The molecule has 5 aromatic carbocycles. The van der Waals surface area contributed by atoms with Crippen LogP contribution in [-0.2, 0) is 9.13 Å². The summed E-state index contributed by atoms with van der Waals surface area (Å²) in [5.74, 6) is -0.203. The summed E-state index contributed by atoms with van der Waals surface area (Å²) in [6.45, 7) is 0. The highest BCUT2D eigenvalue weighted by atomic mass is 31.2. The average molecular weight is 723 g/mol. The molecule has 0 aromatic heterocycles. The Bertz CT molecular complexity index is 2340. The molecular formula is C42H28O8P2-4. The van der Waals surface area contributed by atoms with Gasteiger partial charge in [0.05, 0.1) is 0 Å². The molecule has 0 amide bonds. The highest BCUT2D eigenvalue weighted by Crippen LogP contribution is 2.72. The van der Waals surface area contributed by atoms with Crippen LogP contribution in [0.15, 0.2) is 72.8 Å². The maximum atomic E-state index is 12.6. The minimum Gasteiger partial charge on any atom is -0.780 e. The van der Waals surface area contributed by atoms with Gasteiger partial charge >= 0.3 is 0 Å². The second-order valence-corrected chi connectivity index (χ2v) is 18.4. The molecule has 0 heterocycles. The molecule has 0 spiro atoms. The second-order valence-electron chi connectivity index (χ2n) is 16.2. The third kappa shape index (κ3) is 3.46. The molecule has 0 fully saturated rings. The van der Waals surface area contributed by atoms with Gasteiger partial charge in [-0.2, -0.15) is 0 Å².